The number of halogens is 4. The number of benzene rings is 2. The molecule has 15 heteroatoms. The van der Waals surface area contributed by atoms with Crippen LogP contribution in [0.3, 0.4) is 0 Å². The molecule has 2 heterocycles. The van der Waals surface area contributed by atoms with E-state index in [-0.39, 0.29) is 39.8 Å². The summed E-state index contributed by atoms with van der Waals surface area (Å²) in [5, 5.41) is 18.0. The van der Waals surface area contributed by atoms with Gasteiger partial charge < -0.3 is 15.0 Å². The second kappa shape index (κ2) is 10.7. The van der Waals surface area contributed by atoms with E-state index in [2.05, 4.69) is 30.8 Å². The van der Waals surface area contributed by atoms with Crippen molar-refractivity contribution >= 4 is 47.0 Å². The average Bonchev–Trinajstić information content (AvgIpc) is 2.85. The maximum absolute atomic E-state index is 13.1. The van der Waals surface area contributed by atoms with Gasteiger partial charge in [0.1, 0.15) is 0 Å². The first-order valence-corrected chi connectivity index (χ1v) is 10.8. The zero-order valence-electron chi connectivity index (χ0n) is 18.4. The Labute approximate surface area is 207 Å². The smallest absolute Gasteiger partial charge is 0.378 e. The summed E-state index contributed by atoms with van der Waals surface area (Å²) in [4.78, 5) is 25.1. The van der Waals surface area contributed by atoms with Crippen LogP contribution in [0, 0.1) is 10.1 Å². The molecule has 0 amide bonds. The minimum absolute atomic E-state index is 0.0150. The van der Waals surface area contributed by atoms with Crippen molar-refractivity contribution in [2.75, 3.05) is 41.9 Å². The first-order valence-electron chi connectivity index (χ1n) is 10.4. The lowest BCUT2D eigenvalue weighted by molar-refractivity contribution is -0.384. The van der Waals surface area contributed by atoms with Gasteiger partial charge in [-0.25, -0.2) is 5.43 Å². The Morgan fingerprint density at radius 2 is 1.86 bits per heavy atom. The number of morpholine rings is 1. The van der Waals surface area contributed by atoms with Crippen LogP contribution in [-0.4, -0.2) is 52.4 Å². The molecule has 0 atom stereocenters. The van der Waals surface area contributed by atoms with Crippen molar-refractivity contribution in [1.29, 1.82) is 0 Å². The van der Waals surface area contributed by atoms with Gasteiger partial charge in [0.05, 0.1) is 29.9 Å². The van der Waals surface area contributed by atoms with E-state index in [1.54, 1.807) is 0 Å². The van der Waals surface area contributed by atoms with Gasteiger partial charge in [-0.2, -0.15) is 33.2 Å². The normalized spacial score (nSPS) is 14.2. The third-order valence-electron chi connectivity index (χ3n) is 4.92. The highest BCUT2D eigenvalue weighted by molar-refractivity contribution is 6.33. The molecule has 0 saturated carbocycles. The van der Waals surface area contributed by atoms with Crippen molar-refractivity contribution in [2.45, 2.75) is 6.18 Å². The molecular weight excluding hydrogens is 505 g/mol. The Bertz CT molecular complexity index is 1290. The van der Waals surface area contributed by atoms with E-state index in [1.165, 1.54) is 36.5 Å². The standard InChI is InChI=1S/C21H18ClF3N8O3/c22-17-5-4-16(33(34)35)10-13(17)12-26-31-19-28-18(29-20(30-19)32-6-8-36-9-7-32)27-15-3-1-2-14(11-15)21(23,24)25/h1-5,10-12H,6-9H2,(H2,27,28,29,30,31)/b26-12-. The quantitative estimate of drug-likeness (QED) is 0.262. The second-order valence-electron chi connectivity index (χ2n) is 7.42. The number of aromatic nitrogens is 3. The van der Waals surface area contributed by atoms with E-state index in [1.807, 2.05) is 4.90 Å². The van der Waals surface area contributed by atoms with Crippen LogP contribution >= 0.6 is 11.6 Å². The summed E-state index contributed by atoms with van der Waals surface area (Å²) in [6, 6.07) is 8.49. The van der Waals surface area contributed by atoms with Crippen molar-refractivity contribution in [2.24, 2.45) is 5.10 Å². The molecule has 4 rings (SSSR count). The van der Waals surface area contributed by atoms with Gasteiger partial charge in [-0.1, -0.05) is 17.7 Å². The molecule has 0 aliphatic carbocycles. The van der Waals surface area contributed by atoms with Gasteiger partial charge in [0.25, 0.3) is 5.69 Å². The molecule has 1 aliphatic rings. The zero-order chi connectivity index (χ0) is 25.7. The summed E-state index contributed by atoms with van der Waals surface area (Å²) >= 11 is 6.08. The minimum atomic E-state index is -4.51. The number of hydrogen-bond acceptors (Lipinski definition) is 10. The summed E-state index contributed by atoms with van der Waals surface area (Å²) in [6.45, 7) is 1.90. The zero-order valence-corrected chi connectivity index (χ0v) is 19.1. The van der Waals surface area contributed by atoms with Crippen LogP contribution in [0.25, 0.3) is 0 Å². The van der Waals surface area contributed by atoms with Crippen molar-refractivity contribution in [3.05, 3.63) is 68.7 Å². The number of ether oxygens (including phenoxy) is 1. The Balaban J connectivity index is 1.60. The third-order valence-corrected chi connectivity index (χ3v) is 5.27. The molecule has 2 N–H and O–H groups in total. The highest BCUT2D eigenvalue weighted by Crippen LogP contribution is 2.31. The van der Waals surface area contributed by atoms with Gasteiger partial charge in [0.15, 0.2) is 0 Å². The Kier molecular flexibility index (Phi) is 7.45. The van der Waals surface area contributed by atoms with E-state index in [9.17, 15) is 23.3 Å². The molecule has 188 valence electrons. The average molecular weight is 523 g/mol. The molecule has 3 aromatic rings. The van der Waals surface area contributed by atoms with Crippen molar-refractivity contribution in [3.8, 4) is 0 Å². The topological polar surface area (TPSA) is 131 Å². The fourth-order valence-electron chi connectivity index (χ4n) is 3.18. The van der Waals surface area contributed by atoms with Crippen LogP contribution in [0.5, 0.6) is 0 Å². The molecule has 1 saturated heterocycles. The number of rotatable bonds is 7. The summed E-state index contributed by atoms with van der Waals surface area (Å²) in [6.07, 6.45) is -3.25. The molecule has 0 bridgehead atoms. The molecule has 1 aliphatic heterocycles. The van der Waals surface area contributed by atoms with Gasteiger partial charge in [0.2, 0.25) is 17.8 Å². The molecule has 11 nitrogen and oxygen atoms in total. The lowest BCUT2D eigenvalue weighted by Gasteiger charge is -2.27. The molecular formula is C21H18ClF3N8O3. The predicted molar refractivity (Wildman–Crippen MR) is 127 cm³/mol. The van der Waals surface area contributed by atoms with Crippen molar-refractivity contribution < 1.29 is 22.8 Å². The summed E-state index contributed by atoms with van der Waals surface area (Å²) in [5.41, 5.74) is 2.03. The molecule has 0 unspecified atom stereocenters. The van der Waals surface area contributed by atoms with Crippen LogP contribution < -0.4 is 15.6 Å². The number of anilines is 4. The fraction of sp³-hybridized carbons (Fsp3) is 0.238. The Morgan fingerprint density at radius 3 is 2.58 bits per heavy atom. The number of nitrogens with zero attached hydrogens (tertiary/aromatic N) is 6. The van der Waals surface area contributed by atoms with Gasteiger partial charge in [-0.05, 0) is 24.3 Å². The molecule has 1 fully saturated rings. The molecule has 0 spiro atoms. The largest absolute Gasteiger partial charge is 0.416 e. The lowest BCUT2D eigenvalue weighted by Crippen LogP contribution is -2.37. The van der Waals surface area contributed by atoms with Crippen LogP contribution in [0.1, 0.15) is 11.1 Å². The van der Waals surface area contributed by atoms with Gasteiger partial charge in [0, 0.05) is 41.5 Å². The molecule has 1 aromatic heterocycles. The Hall–Kier alpha value is -4.04. The van der Waals surface area contributed by atoms with E-state index < -0.39 is 16.7 Å². The molecule has 36 heavy (non-hydrogen) atoms. The van der Waals surface area contributed by atoms with Crippen LogP contribution in [0.15, 0.2) is 47.6 Å². The van der Waals surface area contributed by atoms with E-state index in [0.29, 0.717) is 26.3 Å². The predicted octanol–water partition coefficient (Wildman–Crippen LogP) is 4.48. The third kappa shape index (κ3) is 6.34. The van der Waals surface area contributed by atoms with Gasteiger partial charge in [-0.15, -0.1) is 0 Å². The van der Waals surface area contributed by atoms with Gasteiger partial charge >= 0.3 is 6.18 Å². The number of hydrazone groups is 1. The van der Waals surface area contributed by atoms with Crippen LogP contribution in [-0.2, 0) is 10.9 Å². The summed E-state index contributed by atoms with van der Waals surface area (Å²) in [7, 11) is 0. The number of nitro groups is 1. The van der Waals surface area contributed by atoms with Crippen LogP contribution in [0.2, 0.25) is 5.02 Å². The Morgan fingerprint density at radius 1 is 1.11 bits per heavy atom. The van der Waals surface area contributed by atoms with Crippen LogP contribution in [0.4, 0.5) is 42.4 Å². The van der Waals surface area contributed by atoms with Gasteiger partial charge in [-0.3, -0.25) is 10.1 Å². The second-order valence-corrected chi connectivity index (χ2v) is 7.83. The summed E-state index contributed by atoms with van der Waals surface area (Å²) in [5.74, 6) is 0.226. The van der Waals surface area contributed by atoms with Crippen molar-refractivity contribution in [3.63, 3.8) is 0 Å². The molecule has 0 radical (unpaired) electrons. The maximum atomic E-state index is 13.1. The van der Waals surface area contributed by atoms with E-state index >= 15 is 0 Å². The lowest BCUT2D eigenvalue weighted by atomic mass is 10.2. The van der Waals surface area contributed by atoms with Crippen molar-refractivity contribution in [1.82, 2.24) is 15.0 Å². The SMILES string of the molecule is O=[N+]([O-])c1ccc(Cl)c(/C=N\Nc2nc(Nc3cccc(C(F)(F)F)c3)nc(N3CCOCC3)n2)c1. The van der Waals surface area contributed by atoms with E-state index in [4.69, 9.17) is 16.3 Å². The number of alkyl halides is 3. The summed E-state index contributed by atoms with van der Waals surface area (Å²) < 4.78 is 44.6. The molecule has 2 aromatic carbocycles. The fourth-order valence-corrected chi connectivity index (χ4v) is 3.35. The monoisotopic (exact) mass is 522 g/mol. The maximum Gasteiger partial charge on any atom is 0.416 e. The first kappa shape index (κ1) is 25.1. The number of non-ortho nitro benzene ring substituents is 1. The highest BCUT2D eigenvalue weighted by Gasteiger charge is 2.30. The number of nitro benzene ring substituents is 1. The van der Waals surface area contributed by atoms with E-state index in [0.717, 1.165) is 12.1 Å². The number of nitrogens with one attached hydrogen (secondary N) is 2. The first-order chi connectivity index (χ1) is 17.2. The number of hydrogen-bond donors (Lipinski definition) is 2. The minimum Gasteiger partial charge on any atom is -0.378 e. The highest BCUT2D eigenvalue weighted by atomic mass is 35.5.